The van der Waals surface area contributed by atoms with Crippen molar-refractivity contribution in [3.8, 4) is 0 Å². The molecule has 2 aromatic rings. The third-order valence-electron chi connectivity index (χ3n) is 6.77. The molecule has 35 heavy (non-hydrogen) atoms. The fourth-order valence-corrected chi connectivity index (χ4v) is 6.28. The minimum atomic E-state index is -4.70. The molecule has 1 amide bonds. The van der Waals surface area contributed by atoms with Gasteiger partial charge < -0.3 is 9.64 Å². The molecule has 0 saturated carbocycles. The number of carbonyl (C=O) groups is 1. The first-order valence-electron chi connectivity index (χ1n) is 10.9. The number of ether oxygens (including phenoxy) is 1. The Morgan fingerprint density at radius 2 is 1.83 bits per heavy atom. The highest BCUT2D eigenvalue weighted by Crippen LogP contribution is 2.57. The average Bonchev–Trinajstić information content (AvgIpc) is 3.38. The number of halogens is 6. The van der Waals surface area contributed by atoms with Crippen LogP contribution in [0.4, 0.5) is 17.6 Å². The van der Waals surface area contributed by atoms with Crippen LogP contribution in [0.3, 0.4) is 0 Å². The second-order valence-corrected chi connectivity index (χ2v) is 11.3. The highest BCUT2D eigenvalue weighted by atomic mass is 35.5. The molecular weight excluding hydrogens is 527 g/mol. The molecule has 1 fully saturated rings. The number of hydrogen-bond donors (Lipinski definition) is 0. The van der Waals surface area contributed by atoms with Crippen molar-refractivity contribution in [2.24, 2.45) is 10.3 Å². The van der Waals surface area contributed by atoms with Crippen LogP contribution in [0.25, 0.3) is 0 Å². The summed E-state index contributed by atoms with van der Waals surface area (Å²) < 4.78 is 64.7. The summed E-state index contributed by atoms with van der Waals surface area (Å²) >= 11 is 12.0. The van der Waals surface area contributed by atoms with Crippen molar-refractivity contribution in [1.82, 2.24) is 4.90 Å². The Hall–Kier alpha value is -1.81. The molecule has 3 aliphatic rings. The lowest BCUT2D eigenvalue weighted by Crippen LogP contribution is -2.61. The number of alkyl halides is 3. The van der Waals surface area contributed by atoms with Crippen molar-refractivity contribution in [3.05, 3.63) is 68.4 Å². The van der Waals surface area contributed by atoms with Gasteiger partial charge in [-0.05, 0) is 52.4 Å². The van der Waals surface area contributed by atoms with E-state index in [2.05, 4.69) is 4.40 Å². The SMILES string of the molecule is CC(C)C(=O)N1CC2(C1)OCc1cc(C3=NSC(c4cc(Cl)c(F)c(Cl)c4)(C(F)(F)F)C3)ccc12. The molecule has 1 atom stereocenters. The number of fused-ring (bicyclic) bond motifs is 2. The summed E-state index contributed by atoms with van der Waals surface area (Å²) in [5.41, 5.74) is 1.80. The summed E-state index contributed by atoms with van der Waals surface area (Å²) in [7, 11) is 0. The standard InChI is InChI=1S/C24H20Cl2F4N2O2S/c1-12(2)21(33)32-10-22(11-32)16-4-3-13(5-14(16)9-34-22)19-8-23(35-31-19,24(28,29)30)15-6-17(25)20(27)18(26)7-15/h3-7,12H,8-11H2,1-2H3. The van der Waals surface area contributed by atoms with Crippen molar-refractivity contribution in [2.45, 2.75) is 43.4 Å². The average molecular weight is 547 g/mol. The zero-order chi connectivity index (χ0) is 25.3. The van der Waals surface area contributed by atoms with Crippen molar-refractivity contribution < 1.29 is 27.1 Å². The first-order valence-corrected chi connectivity index (χ1v) is 12.4. The first-order chi connectivity index (χ1) is 16.4. The molecule has 0 N–H and O–H groups in total. The second kappa shape index (κ2) is 8.36. The maximum atomic E-state index is 14.4. The molecule has 4 nitrogen and oxygen atoms in total. The zero-order valence-electron chi connectivity index (χ0n) is 18.7. The number of carbonyl (C=O) groups excluding carboxylic acids is 1. The molecule has 186 valence electrons. The Kier molecular flexibility index (Phi) is 5.94. The van der Waals surface area contributed by atoms with Gasteiger partial charge in [-0.2, -0.15) is 13.2 Å². The molecule has 3 heterocycles. The van der Waals surface area contributed by atoms with Gasteiger partial charge in [-0.3, -0.25) is 4.79 Å². The normalized spacial score (nSPS) is 23.0. The third-order valence-corrected chi connectivity index (χ3v) is 8.55. The van der Waals surface area contributed by atoms with E-state index in [-0.39, 0.29) is 23.1 Å². The van der Waals surface area contributed by atoms with Crippen LogP contribution in [0.1, 0.15) is 42.5 Å². The molecule has 3 aliphatic heterocycles. The molecule has 1 unspecified atom stereocenters. The van der Waals surface area contributed by atoms with Gasteiger partial charge in [0, 0.05) is 12.3 Å². The van der Waals surface area contributed by atoms with Gasteiger partial charge in [0.25, 0.3) is 0 Å². The number of benzene rings is 2. The van der Waals surface area contributed by atoms with Crippen molar-refractivity contribution in [2.75, 3.05) is 13.1 Å². The summed E-state index contributed by atoms with van der Waals surface area (Å²) in [5, 5.41) is -0.953. The molecular formula is C24H20Cl2F4N2O2S. The summed E-state index contributed by atoms with van der Waals surface area (Å²) in [4.78, 5) is 14.0. The lowest BCUT2D eigenvalue weighted by atomic mass is 9.83. The molecule has 0 radical (unpaired) electrons. The number of amides is 1. The minimum Gasteiger partial charge on any atom is -0.362 e. The Morgan fingerprint density at radius 1 is 1.17 bits per heavy atom. The molecule has 1 spiro atoms. The Balaban J connectivity index is 1.42. The molecule has 0 aliphatic carbocycles. The predicted octanol–water partition coefficient (Wildman–Crippen LogP) is 6.66. The van der Waals surface area contributed by atoms with Gasteiger partial charge in [-0.25, -0.2) is 8.79 Å². The summed E-state index contributed by atoms with van der Waals surface area (Å²) in [6.07, 6.45) is -5.16. The smallest absolute Gasteiger partial charge is 0.362 e. The first kappa shape index (κ1) is 24.9. The van der Waals surface area contributed by atoms with Crippen LogP contribution in [0.15, 0.2) is 34.7 Å². The van der Waals surface area contributed by atoms with E-state index < -0.39 is 38.8 Å². The predicted molar refractivity (Wildman–Crippen MR) is 127 cm³/mol. The van der Waals surface area contributed by atoms with Crippen molar-refractivity contribution >= 4 is 46.8 Å². The van der Waals surface area contributed by atoms with Crippen LogP contribution >= 0.6 is 35.1 Å². The van der Waals surface area contributed by atoms with Gasteiger partial charge in [0.15, 0.2) is 10.6 Å². The van der Waals surface area contributed by atoms with E-state index in [9.17, 15) is 22.4 Å². The van der Waals surface area contributed by atoms with Gasteiger partial charge in [0.1, 0.15) is 5.60 Å². The number of nitrogens with zero attached hydrogens (tertiary/aromatic N) is 2. The molecule has 1 saturated heterocycles. The van der Waals surface area contributed by atoms with E-state index in [1.807, 2.05) is 19.9 Å². The number of likely N-dealkylation sites (tertiary alicyclic amines) is 1. The van der Waals surface area contributed by atoms with E-state index in [0.29, 0.717) is 37.2 Å². The second-order valence-electron chi connectivity index (χ2n) is 9.39. The van der Waals surface area contributed by atoms with Gasteiger partial charge in [0.05, 0.1) is 35.5 Å². The molecule has 0 bridgehead atoms. The van der Waals surface area contributed by atoms with Gasteiger partial charge in [-0.15, -0.1) is 0 Å². The minimum absolute atomic E-state index is 0.0612. The van der Waals surface area contributed by atoms with Crippen LogP contribution < -0.4 is 0 Å². The van der Waals surface area contributed by atoms with Crippen molar-refractivity contribution in [1.29, 1.82) is 0 Å². The van der Waals surface area contributed by atoms with Gasteiger partial charge >= 0.3 is 6.18 Å². The molecule has 11 heteroatoms. The maximum absolute atomic E-state index is 14.4. The lowest BCUT2D eigenvalue weighted by Gasteiger charge is -2.48. The van der Waals surface area contributed by atoms with E-state index in [0.717, 1.165) is 23.3 Å². The van der Waals surface area contributed by atoms with Crippen LogP contribution in [0.2, 0.25) is 10.0 Å². The van der Waals surface area contributed by atoms with E-state index in [1.54, 1.807) is 17.0 Å². The highest BCUT2D eigenvalue weighted by Gasteiger charge is 2.60. The summed E-state index contributed by atoms with van der Waals surface area (Å²) in [6, 6.07) is 7.30. The van der Waals surface area contributed by atoms with Crippen LogP contribution in [0, 0.1) is 11.7 Å². The Bertz CT molecular complexity index is 1240. The molecule has 2 aromatic carbocycles. The van der Waals surface area contributed by atoms with Crippen LogP contribution in [-0.2, 0) is 26.5 Å². The van der Waals surface area contributed by atoms with Gasteiger partial charge in [0.2, 0.25) is 5.91 Å². The summed E-state index contributed by atoms with van der Waals surface area (Å²) in [5.74, 6) is -1.00. The third kappa shape index (κ3) is 3.86. The van der Waals surface area contributed by atoms with Crippen LogP contribution in [0.5, 0.6) is 0 Å². The Morgan fingerprint density at radius 3 is 2.43 bits per heavy atom. The van der Waals surface area contributed by atoms with E-state index >= 15 is 0 Å². The lowest BCUT2D eigenvalue weighted by molar-refractivity contribution is -0.171. The fraction of sp³-hybridized carbons (Fsp3) is 0.417. The topological polar surface area (TPSA) is 41.9 Å². The highest BCUT2D eigenvalue weighted by molar-refractivity contribution is 7.99. The Labute approximate surface area is 213 Å². The van der Waals surface area contributed by atoms with E-state index in [4.69, 9.17) is 27.9 Å². The summed E-state index contributed by atoms with van der Waals surface area (Å²) in [6.45, 7) is 4.91. The monoisotopic (exact) mass is 546 g/mol. The largest absolute Gasteiger partial charge is 0.409 e. The quantitative estimate of drug-likeness (QED) is 0.245. The molecule has 5 rings (SSSR count). The maximum Gasteiger partial charge on any atom is 0.409 e. The van der Waals surface area contributed by atoms with E-state index in [1.165, 1.54) is 0 Å². The van der Waals surface area contributed by atoms with Crippen LogP contribution in [-0.4, -0.2) is 35.8 Å². The fourth-order valence-electron chi connectivity index (χ4n) is 4.83. The number of hydrogen-bond acceptors (Lipinski definition) is 4. The number of rotatable bonds is 3. The van der Waals surface area contributed by atoms with Gasteiger partial charge in [-0.1, -0.05) is 49.2 Å². The molecule has 0 aromatic heterocycles. The van der Waals surface area contributed by atoms with Crippen molar-refractivity contribution in [3.63, 3.8) is 0 Å². The zero-order valence-corrected chi connectivity index (χ0v) is 21.0.